The number of halogens is 2. The zero-order chi connectivity index (χ0) is 14.4. The van der Waals surface area contributed by atoms with E-state index in [1.807, 2.05) is 13.1 Å². The van der Waals surface area contributed by atoms with Gasteiger partial charge >= 0.3 is 0 Å². The highest BCUT2D eigenvalue weighted by atomic mass is 35.5. The molecule has 2 rings (SSSR count). The number of rotatable bonds is 6. The third kappa shape index (κ3) is 5.46. The highest BCUT2D eigenvalue weighted by molar-refractivity contribution is 5.85. The number of hydrogen-bond acceptors (Lipinski definition) is 3. The molecule has 21 heavy (non-hydrogen) atoms. The van der Waals surface area contributed by atoms with E-state index in [1.165, 1.54) is 26.4 Å². The van der Waals surface area contributed by atoms with E-state index in [2.05, 4.69) is 10.2 Å². The predicted octanol–water partition coefficient (Wildman–Crippen LogP) is 3.08. The first-order chi connectivity index (χ1) is 9.72. The number of benzene rings is 1. The van der Waals surface area contributed by atoms with Gasteiger partial charge in [0.2, 0.25) is 0 Å². The van der Waals surface area contributed by atoms with Crippen molar-refractivity contribution < 1.29 is 9.13 Å². The Morgan fingerprint density at radius 1 is 1.33 bits per heavy atom. The van der Waals surface area contributed by atoms with Crippen LogP contribution < -0.4 is 10.1 Å². The van der Waals surface area contributed by atoms with Gasteiger partial charge in [0.25, 0.3) is 0 Å². The van der Waals surface area contributed by atoms with Gasteiger partial charge in [-0.3, -0.25) is 4.90 Å². The average molecular weight is 317 g/mol. The molecule has 0 aromatic heterocycles. The number of nitrogens with one attached hydrogen (secondary N) is 1. The first-order valence-corrected chi connectivity index (χ1v) is 7.42. The monoisotopic (exact) mass is 316 g/mol. The molecule has 5 heteroatoms. The molecule has 0 radical (unpaired) electrons. The maximum absolute atomic E-state index is 13.7. The van der Waals surface area contributed by atoms with Crippen molar-refractivity contribution in [2.45, 2.75) is 25.8 Å². The zero-order valence-electron chi connectivity index (χ0n) is 12.9. The lowest BCUT2D eigenvalue weighted by atomic mass is 9.93. The second-order valence-electron chi connectivity index (χ2n) is 5.58. The minimum absolute atomic E-state index is 0. The Morgan fingerprint density at radius 2 is 2.05 bits per heavy atom. The molecule has 1 heterocycles. The third-order valence-electron chi connectivity index (χ3n) is 4.13. The van der Waals surface area contributed by atoms with Crippen molar-refractivity contribution in [1.29, 1.82) is 0 Å². The van der Waals surface area contributed by atoms with Gasteiger partial charge in [-0.25, -0.2) is 4.39 Å². The first-order valence-electron chi connectivity index (χ1n) is 7.42. The van der Waals surface area contributed by atoms with Crippen LogP contribution >= 0.6 is 12.4 Å². The number of methoxy groups -OCH3 is 1. The van der Waals surface area contributed by atoms with Crippen LogP contribution in [0.15, 0.2) is 18.2 Å². The lowest BCUT2D eigenvalue weighted by molar-refractivity contribution is 0.172. The van der Waals surface area contributed by atoms with Crippen molar-refractivity contribution in [2.24, 2.45) is 5.92 Å². The van der Waals surface area contributed by atoms with Gasteiger partial charge in [0.15, 0.2) is 11.6 Å². The molecule has 1 N–H and O–H groups in total. The Hall–Kier alpha value is -0.840. The number of likely N-dealkylation sites (tertiary alicyclic amines) is 1. The van der Waals surface area contributed by atoms with Gasteiger partial charge in [0, 0.05) is 6.54 Å². The summed E-state index contributed by atoms with van der Waals surface area (Å²) in [6.45, 7) is 4.16. The number of piperidine rings is 1. The highest BCUT2D eigenvalue weighted by Crippen LogP contribution is 2.23. The van der Waals surface area contributed by atoms with Crippen LogP contribution in [0.4, 0.5) is 4.39 Å². The molecule has 1 fully saturated rings. The van der Waals surface area contributed by atoms with Crippen LogP contribution in [0.1, 0.15) is 24.8 Å². The van der Waals surface area contributed by atoms with E-state index in [1.54, 1.807) is 12.1 Å². The maximum Gasteiger partial charge on any atom is 0.165 e. The van der Waals surface area contributed by atoms with E-state index < -0.39 is 0 Å². The van der Waals surface area contributed by atoms with E-state index in [9.17, 15) is 4.39 Å². The number of nitrogens with zero attached hydrogens (tertiary/aromatic N) is 1. The van der Waals surface area contributed by atoms with Crippen molar-refractivity contribution in [3.8, 4) is 5.75 Å². The van der Waals surface area contributed by atoms with Crippen LogP contribution in [0.5, 0.6) is 5.75 Å². The van der Waals surface area contributed by atoms with E-state index in [4.69, 9.17) is 4.74 Å². The molecule has 0 amide bonds. The molecule has 1 aromatic carbocycles. The Bertz CT molecular complexity index is 423. The van der Waals surface area contributed by atoms with E-state index in [-0.39, 0.29) is 18.2 Å². The lowest BCUT2D eigenvalue weighted by Crippen LogP contribution is -2.34. The molecular weight excluding hydrogens is 291 g/mol. The van der Waals surface area contributed by atoms with Crippen LogP contribution in [0.3, 0.4) is 0 Å². The summed E-state index contributed by atoms with van der Waals surface area (Å²) in [5.74, 6) is 0.889. The van der Waals surface area contributed by atoms with Crippen molar-refractivity contribution in [2.75, 3.05) is 33.8 Å². The predicted molar refractivity (Wildman–Crippen MR) is 86.7 cm³/mol. The van der Waals surface area contributed by atoms with Crippen LogP contribution in [-0.4, -0.2) is 38.7 Å². The van der Waals surface area contributed by atoms with Gasteiger partial charge in [-0.1, -0.05) is 6.07 Å². The normalized spacial score (nSPS) is 16.5. The Labute approximate surface area is 133 Å². The molecule has 1 saturated heterocycles. The second-order valence-corrected chi connectivity index (χ2v) is 5.58. The zero-order valence-corrected chi connectivity index (χ0v) is 13.7. The van der Waals surface area contributed by atoms with Gasteiger partial charge < -0.3 is 10.1 Å². The van der Waals surface area contributed by atoms with Crippen LogP contribution in [-0.2, 0) is 6.54 Å². The third-order valence-corrected chi connectivity index (χ3v) is 4.13. The van der Waals surface area contributed by atoms with Crippen molar-refractivity contribution in [3.05, 3.63) is 29.6 Å². The van der Waals surface area contributed by atoms with Gasteiger partial charge in [0.1, 0.15) is 0 Å². The standard InChI is InChI=1S/C16H25FN2O.ClH/c1-18-8-5-13-6-9-19(10-7-13)12-14-3-4-16(20-2)15(17)11-14;/h3-4,11,13,18H,5-10,12H2,1-2H3;1H. The second kappa shape index (κ2) is 9.23. The van der Waals surface area contributed by atoms with Gasteiger partial charge in [-0.05, 0) is 69.6 Å². The van der Waals surface area contributed by atoms with Gasteiger partial charge in [-0.2, -0.15) is 0 Å². The summed E-state index contributed by atoms with van der Waals surface area (Å²) in [4.78, 5) is 2.41. The summed E-state index contributed by atoms with van der Waals surface area (Å²) in [5, 5.41) is 3.22. The fourth-order valence-electron chi connectivity index (χ4n) is 2.85. The smallest absolute Gasteiger partial charge is 0.165 e. The molecule has 0 bridgehead atoms. The molecule has 120 valence electrons. The Morgan fingerprint density at radius 3 is 2.62 bits per heavy atom. The quantitative estimate of drug-likeness (QED) is 0.873. The summed E-state index contributed by atoms with van der Waals surface area (Å²) < 4.78 is 18.6. The minimum Gasteiger partial charge on any atom is -0.494 e. The molecule has 1 aliphatic rings. The lowest BCUT2D eigenvalue weighted by Gasteiger charge is -2.32. The highest BCUT2D eigenvalue weighted by Gasteiger charge is 2.19. The van der Waals surface area contributed by atoms with Crippen LogP contribution in [0.25, 0.3) is 0 Å². The topological polar surface area (TPSA) is 24.5 Å². The fraction of sp³-hybridized carbons (Fsp3) is 0.625. The van der Waals surface area contributed by atoms with E-state index >= 15 is 0 Å². The Balaban J connectivity index is 0.00000220. The van der Waals surface area contributed by atoms with Crippen LogP contribution in [0, 0.1) is 11.7 Å². The maximum atomic E-state index is 13.7. The molecule has 0 atom stereocenters. The first kappa shape index (κ1) is 18.2. The molecule has 0 aliphatic carbocycles. The fourth-order valence-corrected chi connectivity index (χ4v) is 2.85. The average Bonchev–Trinajstić information content (AvgIpc) is 2.47. The van der Waals surface area contributed by atoms with Gasteiger partial charge in [0.05, 0.1) is 7.11 Å². The van der Waals surface area contributed by atoms with Crippen molar-refractivity contribution in [1.82, 2.24) is 10.2 Å². The number of hydrogen-bond donors (Lipinski definition) is 1. The van der Waals surface area contributed by atoms with E-state index in [0.29, 0.717) is 5.75 Å². The summed E-state index contributed by atoms with van der Waals surface area (Å²) >= 11 is 0. The Kier molecular flexibility index (Phi) is 8.01. The summed E-state index contributed by atoms with van der Waals surface area (Å²) in [6.07, 6.45) is 3.77. The summed E-state index contributed by atoms with van der Waals surface area (Å²) in [5.41, 5.74) is 1.02. The van der Waals surface area contributed by atoms with Crippen molar-refractivity contribution in [3.63, 3.8) is 0 Å². The van der Waals surface area contributed by atoms with Gasteiger partial charge in [-0.15, -0.1) is 12.4 Å². The largest absolute Gasteiger partial charge is 0.494 e. The summed E-state index contributed by atoms with van der Waals surface area (Å²) in [6, 6.07) is 5.26. The molecule has 0 unspecified atom stereocenters. The summed E-state index contributed by atoms with van der Waals surface area (Å²) in [7, 11) is 3.50. The SMILES string of the molecule is CNCCC1CCN(Cc2ccc(OC)c(F)c2)CC1.Cl. The molecule has 3 nitrogen and oxygen atoms in total. The van der Waals surface area contributed by atoms with Crippen LogP contribution in [0.2, 0.25) is 0 Å². The minimum atomic E-state index is -0.270. The molecule has 1 aliphatic heterocycles. The molecule has 0 spiro atoms. The van der Waals surface area contributed by atoms with Crippen molar-refractivity contribution >= 4 is 12.4 Å². The molecule has 0 saturated carbocycles. The molecule has 1 aromatic rings. The van der Waals surface area contributed by atoms with E-state index in [0.717, 1.165) is 37.7 Å². The number of ether oxygens (including phenoxy) is 1. The molecular formula is C16H26ClFN2O.